The maximum atomic E-state index is 12.7. The van der Waals surface area contributed by atoms with E-state index >= 15 is 0 Å². The molecule has 3 rings (SSSR count). The first-order valence-corrected chi connectivity index (χ1v) is 10.3. The highest BCUT2D eigenvalue weighted by molar-refractivity contribution is 7.92. The molecule has 0 radical (unpaired) electrons. The standard InChI is InChI=1S/C20H24N2O3S/c1-15-11-16(2)13-18(12-15)21-26(24,25)19-8-6-7-17(14-19)20(23)22-9-4-3-5-10-22/h6-8,11-14,21H,3-5,9-10H2,1-2H3. The van der Waals surface area contributed by atoms with E-state index in [0.29, 0.717) is 11.3 Å². The van der Waals surface area contributed by atoms with Crippen LogP contribution in [0.4, 0.5) is 5.69 Å². The van der Waals surface area contributed by atoms with Crippen LogP contribution in [0.1, 0.15) is 40.7 Å². The lowest BCUT2D eigenvalue weighted by atomic mass is 10.1. The van der Waals surface area contributed by atoms with E-state index in [1.807, 2.05) is 19.9 Å². The average molecular weight is 372 g/mol. The third kappa shape index (κ3) is 4.25. The number of carbonyl (C=O) groups excluding carboxylic acids is 1. The minimum atomic E-state index is -3.75. The third-order valence-corrected chi connectivity index (χ3v) is 5.89. The molecule has 138 valence electrons. The Morgan fingerprint density at radius 2 is 1.62 bits per heavy atom. The van der Waals surface area contributed by atoms with Gasteiger partial charge in [-0.05, 0) is 74.6 Å². The summed E-state index contributed by atoms with van der Waals surface area (Å²) >= 11 is 0. The van der Waals surface area contributed by atoms with Crippen LogP contribution < -0.4 is 4.72 Å². The Balaban J connectivity index is 1.85. The van der Waals surface area contributed by atoms with Crippen LogP contribution in [0, 0.1) is 13.8 Å². The molecular formula is C20H24N2O3S. The van der Waals surface area contributed by atoms with Gasteiger partial charge in [0.05, 0.1) is 4.90 Å². The van der Waals surface area contributed by atoms with Gasteiger partial charge in [0.1, 0.15) is 0 Å². The number of likely N-dealkylation sites (tertiary alicyclic amines) is 1. The summed E-state index contributed by atoms with van der Waals surface area (Å²) in [6.45, 7) is 5.30. The lowest BCUT2D eigenvalue weighted by Gasteiger charge is -2.26. The number of nitrogens with one attached hydrogen (secondary N) is 1. The van der Waals surface area contributed by atoms with Crippen molar-refractivity contribution >= 4 is 21.6 Å². The highest BCUT2D eigenvalue weighted by atomic mass is 32.2. The Labute approximate surface area is 155 Å². The number of aryl methyl sites for hydroxylation is 2. The largest absolute Gasteiger partial charge is 0.339 e. The van der Waals surface area contributed by atoms with Crippen LogP contribution in [-0.2, 0) is 10.0 Å². The van der Waals surface area contributed by atoms with Crippen LogP contribution in [0.2, 0.25) is 0 Å². The molecule has 1 aliphatic heterocycles. The molecule has 0 unspecified atom stereocenters. The molecule has 5 nitrogen and oxygen atoms in total. The molecule has 0 saturated carbocycles. The number of nitrogens with zero attached hydrogens (tertiary/aromatic N) is 1. The summed E-state index contributed by atoms with van der Waals surface area (Å²) in [4.78, 5) is 14.5. The molecule has 0 aliphatic carbocycles. The smallest absolute Gasteiger partial charge is 0.261 e. The number of hydrogen-bond donors (Lipinski definition) is 1. The number of piperidine rings is 1. The number of benzene rings is 2. The minimum absolute atomic E-state index is 0.0968. The van der Waals surface area contributed by atoms with Gasteiger partial charge in [-0.1, -0.05) is 12.1 Å². The normalized spacial score (nSPS) is 14.9. The fourth-order valence-corrected chi connectivity index (χ4v) is 4.41. The Morgan fingerprint density at radius 3 is 2.27 bits per heavy atom. The Hall–Kier alpha value is -2.34. The van der Waals surface area contributed by atoms with Crippen molar-refractivity contribution in [1.29, 1.82) is 0 Å². The summed E-state index contributed by atoms with van der Waals surface area (Å²) in [5, 5.41) is 0. The maximum Gasteiger partial charge on any atom is 0.261 e. The molecule has 1 aliphatic rings. The fourth-order valence-electron chi connectivity index (χ4n) is 3.32. The van der Waals surface area contributed by atoms with Crippen LogP contribution in [-0.4, -0.2) is 32.3 Å². The quantitative estimate of drug-likeness (QED) is 0.889. The van der Waals surface area contributed by atoms with Gasteiger partial charge < -0.3 is 4.90 Å². The van der Waals surface area contributed by atoms with E-state index in [1.165, 1.54) is 12.1 Å². The maximum absolute atomic E-state index is 12.7. The van der Waals surface area contributed by atoms with Gasteiger partial charge in [0, 0.05) is 24.3 Å². The number of sulfonamides is 1. The van der Waals surface area contributed by atoms with Crippen LogP contribution in [0.15, 0.2) is 47.4 Å². The summed E-state index contributed by atoms with van der Waals surface area (Å²) in [6.07, 6.45) is 3.13. The number of anilines is 1. The molecule has 6 heteroatoms. The topological polar surface area (TPSA) is 66.5 Å². The molecule has 1 fully saturated rings. The van der Waals surface area contributed by atoms with E-state index in [4.69, 9.17) is 0 Å². The first kappa shape index (κ1) is 18.5. The molecule has 1 N–H and O–H groups in total. The molecule has 2 aromatic carbocycles. The van der Waals surface area contributed by atoms with Gasteiger partial charge in [-0.15, -0.1) is 0 Å². The second-order valence-corrected chi connectivity index (χ2v) is 8.54. The zero-order chi connectivity index (χ0) is 18.7. The van der Waals surface area contributed by atoms with Crippen molar-refractivity contribution < 1.29 is 13.2 Å². The second kappa shape index (κ2) is 7.50. The van der Waals surface area contributed by atoms with E-state index in [1.54, 1.807) is 29.2 Å². The summed E-state index contributed by atoms with van der Waals surface area (Å²) in [5.41, 5.74) is 2.90. The van der Waals surface area contributed by atoms with E-state index < -0.39 is 10.0 Å². The van der Waals surface area contributed by atoms with Crippen molar-refractivity contribution in [3.8, 4) is 0 Å². The van der Waals surface area contributed by atoms with Crippen molar-refractivity contribution in [3.05, 3.63) is 59.2 Å². The SMILES string of the molecule is Cc1cc(C)cc(NS(=O)(=O)c2cccc(C(=O)N3CCCCC3)c2)c1. The average Bonchev–Trinajstić information content (AvgIpc) is 2.60. The molecule has 2 aromatic rings. The Bertz CT molecular complexity index is 896. The van der Waals surface area contributed by atoms with Crippen molar-refractivity contribution in [2.75, 3.05) is 17.8 Å². The second-order valence-electron chi connectivity index (χ2n) is 6.86. The number of carbonyl (C=O) groups is 1. The fraction of sp³-hybridized carbons (Fsp3) is 0.350. The van der Waals surface area contributed by atoms with Crippen LogP contribution in [0.5, 0.6) is 0 Å². The zero-order valence-electron chi connectivity index (χ0n) is 15.2. The van der Waals surface area contributed by atoms with Crippen LogP contribution in [0.25, 0.3) is 0 Å². The predicted octanol–water partition coefficient (Wildman–Crippen LogP) is 3.73. The molecule has 0 atom stereocenters. The van der Waals surface area contributed by atoms with Crippen molar-refractivity contribution in [2.24, 2.45) is 0 Å². The van der Waals surface area contributed by atoms with Gasteiger partial charge in [0.15, 0.2) is 0 Å². The van der Waals surface area contributed by atoms with Crippen LogP contribution >= 0.6 is 0 Å². The third-order valence-electron chi connectivity index (χ3n) is 4.51. The van der Waals surface area contributed by atoms with E-state index in [2.05, 4.69) is 4.72 Å². The summed E-state index contributed by atoms with van der Waals surface area (Å²) in [5.74, 6) is -0.104. The monoisotopic (exact) mass is 372 g/mol. The van der Waals surface area contributed by atoms with Crippen LogP contribution in [0.3, 0.4) is 0 Å². The number of hydrogen-bond acceptors (Lipinski definition) is 3. The Kier molecular flexibility index (Phi) is 5.32. The van der Waals surface area contributed by atoms with E-state index in [-0.39, 0.29) is 10.8 Å². The molecule has 1 amide bonds. The van der Waals surface area contributed by atoms with Crippen molar-refractivity contribution in [2.45, 2.75) is 38.0 Å². The predicted molar refractivity (Wildman–Crippen MR) is 103 cm³/mol. The van der Waals surface area contributed by atoms with Gasteiger partial charge >= 0.3 is 0 Å². The molecular weight excluding hydrogens is 348 g/mol. The van der Waals surface area contributed by atoms with Gasteiger partial charge in [0.25, 0.3) is 15.9 Å². The Morgan fingerprint density at radius 1 is 0.962 bits per heavy atom. The number of amides is 1. The minimum Gasteiger partial charge on any atom is -0.339 e. The zero-order valence-corrected chi connectivity index (χ0v) is 16.0. The van der Waals surface area contributed by atoms with E-state index in [9.17, 15) is 13.2 Å². The lowest BCUT2D eigenvalue weighted by molar-refractivity contribution is 0.0724. The van der Waals surface area contributed by atoms with Gasteiger partial charge in [-0.2, -0.15) is 0 Å². The molecule has 0 spiro atoms. The molecule has 26 heavy (non-hydrogen) atoms. The molecule has 1 saturated heterocycles. The molecule has 1 heterocycles. The summed E-state index contributed by atoms with van der Waals surface area (Å²) in [7, 11) is -3.75. The van der Waals surface area contributed by atoms with Gasteiger partial charge in [-0.3, -0.25) is 9.52 Å². The highest BCUT2D eigenvalue weighted by Crippen LogP contribution is 2.21. The van der Waals surface area contributed by atoms with E-state index in [0.717, 1.165) is 43.5 Å². The first-order chi connectivity index (χ1) is 12.3. The molecule has 0 bridgehead atoms. The van der Waals surface area contributed by atoms with Crippen molar-refractivity contribution in [1.82, 2.24) is 4.90 Å². The first-order valence-electron chi connectivity index (χ1n) is 8.86. The van der Waals surface area contributed by atoms with Crippen molar-refractivity contribution in [3.63, 3.8) is 0 Å². The molecule has 0 aromatic heterocycles. The van der Waals surface area contributed by atoms with Gasteiger partial charge in [0.2, 0.25) is 0 Å². The summed E-state index contributed by atoms with van der Waals surface area (Å²) < 4.78 is 28.1. The lowest BCUT2D eigenvalue weighted by Crippen LogP contribution is -2.35. The summed E-state index contributed by atoms with van der Waals surface area (Å²) in [6, 6.07) is 11.8. The van der Waals surface area contributed by atoms with Gasteiger partial charge in [-0.25, -0.2) is 8.42 Å². The highest BCUT2D eigenvalue weighted by Gasteiger charge is 2.21. The number of rotatable bonds is 4.